The van der Waals surface area contributed by atoms with E-state index in [2.05, 4.69) is 20.3 Å². The Labute approximate surface area is 189 Å². The summed E-state index contributed by atoms with van der Waals surface area (Å²) in [5.41, 5.74) is 7.43. The number of benzene rings is 2. The predicted molar refractivity (Wildman–Crippen MR) is 121 cm³/mol. The molecule has 0 saturated heterocycles. The number of halogens is 1. The summed E-state index contributed by atoms with van der Waals surface area (Å²) in [7, 11) is 1.46. The maximum atomic E-state index is 13.6. The van der Waals surface area contributed by atoms with Gasteiger partial charge in [-0.25, -0.2) is 13.9 Å². The van der Waals surface area contributed by atoms with E-state index in [9.17, 15) is 9.18 Å². The fourth-order valence-electron chi connectivity index (χ4n) is 3.38. The van der Waals surface area contributed by atoms with Crippen LogP contribution in [0.3, 0.4) is 0 Å². The first-order valence-electron chi connectivity index (χ1n) is 10.2. The minimum absolute atomic E-state index is 0.115. The lowest BCUT2D eigenvalue weighted by atomic mass is 10.2. The number of rotatable bonds is 8. The van der Waals surface area contributed by atoms with Gasteiger partial charge in [0.05, 0.1) is 30.5 Å². The molecule has 0 fully saturated rings. The molecule has 170 valence electrons. The molecule has 2 heterocycles. The van der Waals surface area contributed by atoms with Crippen LogP contribution in [0.5, 0.6) is 11.8 Å². The molecule has 2 aromatic carbocycles. The summed E-state index contributed by atoms with van der Waals surface area (Å²) in [6.07, 6.45) is 1.43. The summed E-state index contributed by atoms with van der Waals surface area (Å²) < 4.78 is 26.4. The number of amides is 1. The van der Waals surface area contributed by atoms with E-state index in [1.807, 2.05) is 13.8 Å². The standard InChI is InChI=1S/C23H23FN6O3/c1-13(2)33-18-12-27-22(29-21(18)26-11-14-6-4-7-15(24)10-14)30-17-9-5-8-16(20(25)31)19(17)28-23(30)32-3/h4-10,12-13H,11H2,1-3H3,(H2,25,31)(H,26,27,29). The third-order valence-corrected chi connectivity index (χ3v) is 4.76. The number of nitrogens with one attached hydrogen (secondary N) is 1. The molecule has 33 heavy (non-hydrogen) atoms. The lowest BCUT2D eigenvalue weighted by Gasteiger charge is -2.16. The molecule has 0 radical (unpaired) electrons. The summed E-state index contributed by atoms with van der Waals surface area (Å²) in [6, 6.07) is 11.5. The molecule has 0 bridgehead atoms. The summed E-state index contributed by atoms with van der Waals surface area (Å²) in [5.74, 6) is 0.163. The lowest BCUT2D eigenvalue weighted by Crippen LogP contribution is -2.13. The van der Waals surface area contributed by atoms with Crippen LogP contribution in [-0.4, -0.2) is 38.6 Å². The van der Waals surface area contributed by atoms with Crippen LogP contribution >= 0.6 is 0 Å². The van der Waals surface area contributed by atoms with Gasteiger partial charge in [-0.2, -0.15) is 9.97 Å². The number of primary amides is 1. The molecule has 0 spiro atoms. The topological polar surface area (TPSA) is 117 Å². The number of carbonyl (C=O) groups is 1. The number of methoxy groups -OCH3 is 1. The Balaban J connectivity index is 1.80. The minimum atomic E-state index is -0.605. The Kier molecular flexibility index (Phi) is 6.07. The van der Waals surface area contributed by atoms with Crippen molar-refractivity contribution in [1.82, 2.24) is 19.5 Å². The van der Waals surface area contributed by atoms with Crippen molar-refractivity contribution in [2.45, 2.75) is 26.5 Å². The van der Waals surface area contributed by atoms with Gasteiger partial charge in [0.2, 0.25) is 5.95 Å². The quantitative estimate of drug-likeness (QED) is 0.422. The molecule has 0 aliphatic heterocycles. The number of hydrogen-bond donors (Lipinski definition) is 2. The molecule has 0 saturated carbocycles. The van der Waals surface area contributed by atoms with Crippen LogP contribution in [-0.2, 0) is 6.54 Å². The second-order valence-corrected chi connectivity index (χ2v) is 7.50. The summed E-state index contributed by atoms with van der Waals surface area (Å²) in [4.78, 5) is 25.3. The van der Waals surface area contributed by atoms with Gasteiger partial charge >= 0.3 is 6.01 Å². The molecule has 1 amide bonds. The highest BCUT2D eigenvalue weighted by atomic mass is 19.1. The minimum Gasteiger partial charge on any atom is -0.486 e. The van der Waals surface area contributed by atoms with Crippen LogP contribution in [0.2, 0.25) is 0 Å². The average Bonchev–Trinajstić information content (AvgIpc) is 3.16. The van der Waals surface area contributed by atoms with Crippen LogP contribution in [0.15, 0.2) is 48.7 Å². The first-order valence-corrected chi connectivity index (χ1v) is 10.2. The molecular weight excluding hydrogens is 427 g/mol. The van der Waals surface area contributed by atoms with E-state index in [0.717, 1.165) is 5.56 Å². The molecule has 0 unspecified atom stereocenters. The Hall–Kier alpha value is -4.21. The zero-order valence-corrected chi connectivity index (χ0v) is 18.4. The van der Waals surface area contributed by atoms with E-state index < -0.39 is 5.91 Å². The molecule has 4 aromatic rings. The maximum absolute atomic E-state index is 13.6. The number of imidazole rings is 1. The zero-order valence-electron chi connectivity index (χ0n) is 18.4. The number of fused-ring (bicyclic) bond motifs is 1. The lowest BCUT2D eigenvalue weighted by molar-refractivity contribution is 0.100. The smallest absolute Gasteiger partial charge is 0.304 e. The van der Waals surface area contributed by atoms with Gasteiger partial charge in [0.25, 0.3) is 5.91 Å². The van der Waals surface area contributed by atoms with Crippen LogP contribution in [0, 0.1) is 5.82 Å². The Bertz CT molecular complexity index is 1320. The van der Waals surface area contributed by atoms with Crippen molar-refractivity contribution in [3.63, 3.8) is 0 Å². The number of nitrogens with zero attached hydrogens (tertiary/aromatic N) is 4. The van der Waals surface area contributed by atoms with E-state index in [-0.39, 0.29) is 29.4 Å². The molecule has 4 rings (SSSR count). The third kappa shape index (κ3) is 4.54. The van der Waals surface area contributed by atoms with Gasteiger partial charge < -0.3 is 20.5 Å². The fraction of sp³-hybridized carbons (Fsp3) is 0.217. The van der Waals surface area contributed by atoms with Gasteiger partial charge in [-0.15, -0.1) is 0 Å². The van der Waals surface area contributed by atoms with E-state index >= 15 is 0 Å². The van der Waals surface area contributed by atoms with E-state index in [1.165, 1.54) is 19.2 Å². The van der Waals surface area contributed by atoms with Gasteiger partial charge in [0.1, 0.15) is 11.3 Å². The number of nitrogens with two attached hydrogens (primary N) is 1. The van der Waals surface area contributed by atoms with Crippen molar-refractivity contribution in [2.75, 3.05) is 12.4 Å². The van der Waals surface area contributed by atoms with Crippen LogP contribution in [0.1, 0.15) is 29.8 Å². The highest BCUT2D eigenvalue weighted by molar-refractivity contribution is 6.04. The number of aromatic nitrogens is 4. The average molecular weight is 450 g/mol. The van der Waals surface area contributed by atoms with Crippen molar-refractivity contribution in [2.24, 2.45) is 5.73 Å². The van der Waals surface area contributed by atoms with Crippen LogP contribution in [0.4, 0.5) is 10.2 Å². The zero-order chi connectivity index (χ0) is 23.5. The summed E-state index contributed by atoms with van der Waals surface area (Å²) >= 11 is 0. The first-order chi connectivity index (χ1) is 15.9. The third-order valence-electron chi connectivity index (χ3n) is 4.76. The Morgan fingerprint density at radius 2 is 2.00 bits per heavy atom. The monoisotopic (exact) mass is 450 g/mol. The normalized spacial score (nSPS) is 11.1. The molecule has 9 nitrogen and oxygen atoms in total. The molecule has 3 N–H and O–H groups in total. The van der Waals surface area contributed by atoms with E-state index in [0.29, 0.717) is 29.1 Å². The number of para-hydroxylation sites is 1. The SMILES string of the molecule is COc1nc2c(C(N)=O)cccc2n1-c1ncc(OC(C)C)c(NCc2cccc(F)c2)n1. The number of hydrogen-bond acceptors (Lipinski definition) is 7. The molecule has 0 aliphatic carbocycles. The second-order valence-electron chi connectivity index (χ2n) is 7.50. The second kappa shape index (κ2) is 9.11. The number of ether oxygens (including phenoxy) is 2. The first kappa shape index (κ1) is 22.0. The summed E-state index contributed by atoms with van der Waals surface area (Å²) in [5, 5.41) is 3.19. The number of carbonyl (C=O) groups excluding carboxylic acids is 1. The largest absolute Gasteiger partial charge is 0.486 e. The van der Waals surface area contributed by atoms with Crippen molar-refractivity contribution in [3.05, 3.63) is 65.6 Å². The Morgan fingerprint density at radius 1 is 1.21 bits per heavy atom. The van der Waals surface area contributed by atoms with Crippen LogP contribution in [0.25, 0.3) is 17.0 Å². The fourth-order valence-corrected chi connectivity index (χ4v) is 3.38. The predicted octanol–water partition coefficient (Wildman–Crippen LogP) is 3.46. The molecule has 0 aliphatic rings. The van der Waals surface area contributed by atoms with Crippen molar-refractivity contribution in [1.29, 1.82) is 0 Å². The number of anilines is 1. The Morgan fingerprint density at radius 3 is 2.70 bits per heavy atom. The van der Waals surface area contributed by atoms with Gasteiger partial charge in [-0.05, 0) is 43.7 Å². The molecule has 2 aromatic heterocycles. The van der Waals surface area contributed by atoms with Gasteiger partial charge in [0, 0.05) is 6.54 Å². The van der Waals surface area contributed by atoms with Gasteiger partial charge in [-0.1, -0.05) is 18.2 Å². The molecule has 0 atom stereocenters. The van der Waals surface area contributed by atoms with Crippen molar-refractivity contribution < 1.29 is 18.7 Å². The highest BCUT2D eigenvalue weighted by Gasteiger charge is 2.21. The van der Waals surface area contributed by atoms with Crippen molar-refractivity contribution >= 4 is 22.8 Å². The van der Waals surface area contributed by atoms with Crippen LogP contribution < -0.4 is 20.5 Å². The van der Waals surface area contributed by atoms with E-state index in [4.69, 9.17) is 15.2 Å². The van der Waals surface area contributed by atoms with E-state index in [1.54, 1.807) is 41.1 Å². The highest BCUT2D eigenvalue weighted by Crippen LogP contribution is 2.30. The van der Waals surface area contributed by atoms with Crippen molar-refractivity contribution in [3.8, 4) is 17.7 Å². The molecule has 10 heteroatoms. The van der Waals surface area contributed by atoms with Gasteiger partial charge in [-0.3, -0.25) is 4.79 Å². The summed E-state index contributed by atoms with van der Waals surface area (Å²) in [6.45, 7) is 4.10. The van der Waals surface area contributed by atoms with Gasteiger partial charge in [0.15, 0.2) is 11.6 Å². The molecular formula is C23H23FN6O3. The maximum Gasteiger partial charge on any atom is 0.304 e.